The summed E-state index contributed by atoms with van der Waals surface area (Å²) in [6, 6.07) is 6.92. The summed E-state index contributed by atoms with van der Waals surface area (Å²) in [4.78, 5) is 13.6. The van der Waals surface area contributed by atoms with Crippen molar-refractivity contribution in [2.75, 3.05) is 5.32 Å². The fourth-order valence-electron chi connectivity index (χ4n) is 3.48. The van der Waals surface area contributed by atoms with Crippen LogP contribution in [0.4, 0.5) is 5.00 Å². The van der Waals surface area contributed by atoms with E-state index in [-0.39, 0.29) is 10.5 Å². The number of nitriles is 1. The lowest BCUT2D eigenvalue weighted by Crippen LogP contribution is -2.34. The van der Waals surface area contributed by atoms with Crippen LogP contribution >= 0.6 is 46.8 Å². The maximum atomic E-state index is 12.4. The SMILES string of the molecule is CC(C)(C)C1CCc2c(sc(NC(=S)NC(=O)c3ccc(Cl)c(Cl)c3)c2C#N)C1. The highest BCUT2D eigenvalue weighted by atomic mass is 35.5. The average molecular weight is 466 g/mol. The number of nitrogens with one attached hydrogen (secondary N) is 2. The first-order chi connectivity index (χ1) is 13.6. The molecule has 0 saturated heterocycles. The van der Waals surface area contributed by atoms with Crippen molar-refractivity contribution in [3.05, 3.63) is 49.8 Å². The molecule has 1 atom stereocenters. The molecule has 4 nitrogen and oxygen atoms in total. The first kappa shape index (κ1) is 22.0. The predicted molar refractivity (Wildman–Crippen MR) is 124 cm³/mol. The van der Waals surface area contributed by atoms with Crippen LogP contribution in [0.25, 0.3) is 0 Å². The van der Waals surface area contributed by atoms with Crippen LogP contribution in [0.1, 0.15) is 53.6 Å². The largest absolute Gasteiger partial charge is 0.323 e. The van der Waals surface area contributed by atoms with Crippen LogP contribution in [0.15, 0.2) is 18.2 Å². The summed E-state index contributed by atoms with van der Waals surface area (Å²) in [5.74, 6) is 0.183. The molecule has 0 fully saturated rings. The Morgan fingerprint density at radius 1 is 1.31 bits per heavy atom. The minimum Gasteiger partial charge on any atom is -0.323 e. The molecule has 1 unspecified atom stereocenters. The van der Waals surface area contributed by atoms with Gasteiger partial charge >= 0.3 is 0 Å². The van der Waals surface area contributed by atoms with Gasteiger partial charge in [0.15, 0.2) is 5.11 Å². The first-order valence-corrected chi connectivity index (χ1v) is 11.2. The van der Waals surface area contributed by atoms with Gasteiger partial charge in [-0.25, -0.2) is 0 Å². The molecule has 8 heteroatoms. The smallest absolute Gasteiger partial charge is 0.257 e. The summed E-state index contributed by atoms with van der Waals surface area (Å²) in [6.45, 7) is 6.77. The maximum absolute atomic E-state index is 12.4. The van der Waals surface area contributed by atoms with Crippen LogP contribution in [0.5, 0.6) is 0 Å². The molecule has 1 aromatic heterocycles. The number of fused-ring (bicyclic) bond motifs is 1. The van der Waals surface area contributed by atoms with Crippen molar-refractivity contribution in [3.63, 3.8) is 0 Å². The molecular weight excluding hydrogens is 445 g/mol. The minimum absolute atomic E-state index is 0.142. The Hall–Kier alpha value is -1.65. The highest BCUT2D eigenvalue weighted by Crippen LogP contribution is 2.43. The predicted octanol–water partition coefficient (Wildman–Crippen LogP) is 6.20. The molecule has 0 radical (unpaired) electrons. The van der Waals surface area contributed by atoms with E-state index >= 15 is 0 Å². The molecule has 2 aromatic rings. The molecule has 2 N–H and O–H groups in total. The van der Waals surface area contributed by atoms with Crippen molar-refractivity contribution < 1.29 is 4.79 Å². The van der Waals surface area contributed by atoms with Gasteiger partial charge in [-0.3, -0.25) is 10.1 Å². The Morgan fingerprint density at radius 2 is 2.03 bits per heavy atom. The summed E-state index contributed by atoms with van der Waals surface area (Å²) >= 11 is 18.7. The van der Waals surface area contributed by atoms with Crippen molar-refractivity contribution >= 4 is 62.8 Å². The Morgan fingerprint density at radius 3 is 2.66 bits per heavy atom. The third-order valence-corrected chi connectivity index (χ3v) is 7.35. The molecule has 1 aromatic carbocycles. The number of nitrogens with zero attached hydrogens (tertiary/aromatic N) is 1. The number of halogens is 2. The number of rotatable bonds is 2. The van der Waals surface area contributed by atoms with E-state index in [1.165, 1.54) is 10.9 Å². The number of carbonyl (C=O) groups is 1. The number of hydrogen-bond donors (Lipinski definition) is 2. The van der Waals surface area contributed by atoms with E-state index in [1.54, 1.807) is 23.5 Å². The zero-order valence-electron chi connectivity index (χ0n) is 16.4. The first-order valence-electron chi connectivity index (χ1n) is 9.22. The molecule has 1 aliphatic carbocycles. The number of anilines is 1. The van der Waals surface area contributed by atoms with Crippen molar-refractivity contribution in [1.29, 1.82) is 5.26 Å². The molecule has 0 aliphatic heterocycles. The molecule has 0 saturated carbocycles. The average Bonchev–Trinajstić information content (AvgIpc) is 2.98. The topological polar surface area (TPSA) is 64.9 Å². The van der Waals surface area contributed by atoms with Crippen LogP contribution in [-0.4, -0.2) is 11.0 Å². The van der Waals surface area contributed by atoms with Gasteiger partial charge in [-0.15, -0.1) is 11.3 Å². The summed E-state index contributed by atoms with van der Waals surface area (Å²) in [5, 5.41) is 16.8. The second-order valence-electron chi connectivity index (χ2n) is 8.16. The monoisotopic (exact) mass is 465 g/mol. The molecule has 1 amide bonds. The fraction of sp³-hybridized carbons (Fsp3) is 0.381. The summed E-state index contributed by atoms with van der Waals surface area (Å²) in [6.07, 6.45) is 2.92. The van der Waals surface area contributed by atoms with Crippen molar-refractivity contribution in [3.8, 4) is 6.07 Å². The molecule has 152 valence electrons. The van der Waals surface area contributed by atoms with E-state index < -0.39 is 5.91 Å². The number of carbonyl (C=O) groups excluding carboxylic acids is 1. The molecule has 29 heavy (non-hydrogen) atoms. The zero-order valence-corrected chi connectivity index (χ0v) is 19.5. The fourth-order valence-corrected chi connectivity index (χ4v) is 5.32. The van der Waals surface area contributed by atoms with Crippen LogP contribution in [0, 0.1) is 22.7 Å². The van der Waals surface area contributed by atoms with E-state index in [4.69, 9.17) is 35.4 Å². The molecule has 0 bridgehead atoms. The van der Waals surface area contributed by atoms with Crippen molar-refractivity contribution in [1.82, 2.24) is 5.32 Å². The van der Waals surface area contributed by atoms with E-state index in [0.717, 1.165) is 24.8 Å². The van der Waals surface area contributed by atoms with Crippen LogP contribution < -0.4 is 10.6 Å². The van der Waals surface area contributed by atoms with Crippen LogP contribution in [0.3, 0.4) is 0 Å². The number of benzene rings is 1. The molecule has 0 spiro atoms. The normalized spacial score (nSPS) is 15.9. The van der Waals surface area contributed by atoms with Gasteiger partial charge in [-0.2, -0.15) is 5.26 Å². The Balaban J connectivity index is 1.74. The van der Waals surface area contributed by atoms with Gasteiger partial charge in [0.25, 0.3) is 5.91 Å². The van der Waals surface area contributed by atoms with Gasteiger partial charge in [-0.05, 0) is 66.6 Å². The van der Waals surface area contributed by atoms with Gasteiger partial charge in [0, 0.05) is 10.4 Å². The quantitative estimate of drug-likeness (QED) is 0.517. The van der Waals surface area contributed by atoms with Crippen LogP contribution in [0.2, 0.25) is 10.0 Å². The molecule has 1 heterocycles. The Bertz CT molecular complexity index is 1020. The highest BCUT2D eigenvalue weighted by molar-refractivity contribution is 7.80. The summed E-state index contributed by atoms with van der Waals surface area (Å²) in [5.41, 5.74) is 2.32. The van der Waals surface area contributed by atoms with E-state index in [1.807, 2.05) is 0 Å². The number of thiocarbonyl (C=S) groups is 1. The number of amides is 1. The molecular formula is C21H21Cl2N3OS2. The summed E-state index contributed by atoms with van der Waals surface area (Å²) in [7, 11) is 0. The second-order valence-corrected chi connectivity index (χ2v) is 10.5. The lowest BCUT2D eigenvalue weighted by Gasteiger charge is -2.33. The lowest BCUT2D eigenvalue weighted by atomic mass is 9.72. The highest BCUT2D eigenvalue weighted by Gasteiger charge is 2.32. The van der Waals surface area contributed by atoms with Gasteiger partial charge in [0.2, 0.25) is 0 Å². The van der Waals surface area contributed by atoms with Crippen molar-refractivity contribution in [2.24, 2.45) is 11.3 Å². The standard InChI is InChI=1S/C21H21Cl2N3OS2/c1-21(2,3)12-5-6-13-14(10-24)19(29-17(13)9-12)26-20(28)25-18(27)11-4-7-15(22)16(23)8-11/h4,7-8,12H,5-6,9H2,1-3H3,(H2,25,26,27,28). The third-order valence-electron chi connectivity index (χ3n) is 5.24. The second kappa shape index (κ2) is 8.61. The third kappa shape index (κ3) is 4.92. The molecule has 3 rings (SSSR count). The van der Waals surface area contributed by atoms with Gasteiger partial charge in [0.1, 0.15) is 11.1 Å². The summed E-state index contributed by atoms with van der Waals surface area (Å²) < 4.78 is 0. The number of thiophene rings is 1. The molecule has 1 aliphatic rings. The number of hydrogen-bond acceptors (Lipinski definition) is 4. The van der Waals surface area contributed by atoms with Gasteiger partial charge in [0.05, 0.1) is 15.6 Å². The van der Waals surface area contributed by atoms with Gasteiger partial charge < -0.3 is 5.32 Å². The zero-order chi connectivity index (χ0) is 21.3. The van der Waals surface area contributed by atoms with Crippen LogP contribution in [-0.2, 0) is 12.8 Å². The van der Waals surface area contributed by atoms with Gasteiger partial charge in [-0.1, -0.05) is 44.0 Å². The Kier molecular flexibility index (Phi) is 6.54. The lowest BCUT2D eigenvalue weighted by molar-refractivity contribution is 0.0977. The minimum atomic E-state index is -0.395. The van der Waals surface area contributed by atoms with E-state index in [9.17, 15) is 10.1 Å². The van der Waals surface area contributed by atoms with Crippen molar-refractivity contribution in [2.45, 2.75) is 40.0 Å². The van der Waals surface area contributed by atoms with E-state index in [0.29, 0.717) is 32.1 Å². The maximum Gasteiger partial charge on any atom is 0.257 e. The van der Waals surface area contributed by atoms with E-state index in [2.05, 4.69) is 37.5 Å². The Labute approximate surface area is 190 Å².